The first-order valence-electron chi connectivity index (χ1n) is 11.8. The highest BCUT2D eigenvalue weighted by Crippen LogP contribution is 2.30. The van der Waals surface area contributed by atoms with Crippen molar-refractivity contribution in [2.75, 3.05) is 6.54 Å². The fraction of sp³-hybridized carbons (Fsp3) is 0.321. The van der Waals surface area contributed by atoms with Crippen LogP contribution in [0.1, 0.15) is 38.2 Å². The summed E-state index contributed by atoms with van der Waals surface area (Å²) in [5, 5.41) is 2.85. The van der Waals surface area contributed by atoms with Crippen LogP contribution in [0.3, 0.4) is 0 Å². The standard InChI is InChI=1S/C28H33NO2Si/c1-2-14-27-29(28(30)31-23-24-15-6-3-7-16-24)21-12-13-22-32(27,25-17-8-4-9-18-25)26-19-10-5-11-20-26/h3-11,15-20,27H,2,12-14,21-23H2,1H3/t27-/m1/s1. The van der Waals surface area contributed by atoms with E-state index >= 15 is 0 Å². The number of benzene rings is 3. The molecule has 4 heteroatoms. The van der Waals surface area contributed by atoms with Crippen molar-refractivity contribution in [1.82, 2.24) is 4.90 Å². The summed E-state index contributed by atoms with van der Waals surface area (Å²) in [6.07, 6.45) is 4.03. The minimum Gasteiger partial charge on any atom is -0.445 e. The largest absolute Gasteiger partial charge is 0.445 e. The van der Waals surface area contributed by atoms with Gasteiger partial charge in [0.2, 0.25) is 0 Å². The fourth-order valence-electron chi connectivity index (χ4n) is 5.28. The molecular weight excluding hydrogens is 410 g/mol. The van der Waals surface area contributed by atoms with Crippen LogP contribution in [0.2, 0.25) is 6.04 Å². The van der Waals surface area contributed by atoms with E-state index in [-0.39, 0.29) is 11.8 Å². The number of nitrogens with zero attached hydrogens (tertiary/aromatic N) is 1. The maximum absolute atomic E-state index is 13.5. The molecule has 0 N–H and O–H groups in total. The molecule has 1 aliphatic rings. The minimum atomic E-state index is -2.24. The second-order valence-corrected chi connectivity index (χ2v) is 13.0. The summed E-state index contributed by atoms with van der Waals surface area (Å²) in [5.74, 6) is 0. The van der Waals surface area contributed by atoms with E-state index in [1.807, 2.05) is 30.3 Å². The van der Waals surface area contributed by atoms with Crippen molar-refractivity contribution in [3.63, 3.8) is 0 Å². The summed E-state index contributed by atoms with van der Waals surface area (Å²) in [4.78, 5) is 15.6. The van der Waals surface area contributed by atoms with E-state index in [0.29, 0.717) is 6.61 Å². The first-order chi connectivity index (χ1) is 15.8. The SMILES string of the molecule is CCC[C@@H]1N(C(=O)OCc2ccccc2)CCCC[Si]1(c1ccccc1)c1ccccc1. The van der Waals surface area contributed by atoms with Gasteiger partial charge >= 0.3 is 6.09 Å². The van der Waals surface area contributed by atoms with Gasteiger partial charge in [-0.25, -0.2) is 4.79 Å². The van der Waals surface area contributed by atoms with E-state index in [4.69, 9.17) is 4.74 Å². The normalized spacial score (nSPS) is 18.0. The molecule has 3 aromatic rings. The van der Waals surface area contributed by atoms with Crippen LogP contribution in [0.25, 0.3) is 0 Å². The lowest BCUT2D eigenvalue weighted by Crippen LogP contribution is -2.70. The summed E-state index contributed by atoms with van der Waals surface area (Å²) in [6, 6.07) is 33.1. The predicted octanol–water partition coefficient (Wildman–Crippen LogP) is 5.39. The van der Waals surface area contributed by atoms with Crippen molar-refractivity contribution in [3.8, 4) is 0 Å². The Morgan fingerprint density at radius 1 is 0.875 bits per heavy atom. The molecule has 1 aliphatic heterocycles. The van der Waals surface area contributed by atoms with Crippen LogP contribution in [0.15, 0.2) is 91.0 Å². The van der Waals surface area contributed by atoms with Crippen LogP contribution in [0, 0.1) is 0 Å². The van der Waals surface area contributed by atoms with Gasteiger partial charge in [0, 0.05) is 12.2 Å². The van der Waals surface area contributed by atoms with Gasteiger partial charge < -0.3 is 9.64 Å². The molecule has 0 bridgehead atoms. The number of hydrogen-bond acceptors (Lipinski definition) is 2. The average Bonchev–Trinajstić information content (AvgIpc) is 3.05. The average molecular weight is 444 g/mol. The maximum atomic E-state index is 13.5. The lowest BCUT2D eigenvalue weighted by atomic mass is 10.2. The highest BCUT2D eigenvalue weighted by Gasteiger charge is 2.49. The molecule has 3 nitrogen and oxygen atoms in total. The Bertz CT molecular complexity index is 939. The van der Waals surface area contributed by atoms with Gasteiger partial charge in [0.1, 0.15) is 14.7 Å². The number of carbonyl (C=O) groups excluding carboxylic acids is 1. The summed E-state index contributed by atoms with van der Waals surface area (Å²) < 4.78 is 5.87. The van der Waals surface area contributed by atoms with E-state index in [1.165, 1.54) is 10.4 Å². The van der Waals surface area contributed by atoms with Crippen LogP contribution in [-0.4, -0.2) is 31.3 Å². The summed E-state index contributed by atoms with van der Waals surface area (Å²) in [7, 11) is -2.24. The van der Waals surface area contributed by atoms with Gasteiger partial charge in [0.05, 0.1) is 0 Å². The van der Waals surface area contributed by atoms with Crippen LogP contribution in [0.4, 0.5) is 4.79 Å². The lowest BCUT2D eigenvalue weighted by molar-refractivity contribution is 0.0896. The van der Waals surface area contributed by atoms with E-state index in [9.17, 15) is 4.79 Å². The number of ether oxygens (including phenoxy) is 1. The summed E-state index contributed by atoms with van der Waals surface area (Å²) >= 11 is 0. The molecule has 1 fully saturated rings. The predicted molar refractivity (Wildman–Crippen MR) is 134 cm³/mol. The zero-order valence-electron chi connectivity index (χ0n) is 19.0. The van der Waals surface area contributed by atoms with E-state index in [0.717, 1.165) is 43.8 Å². The van der Waals surface area contributed by atoms with Gasteiger partial charge in [-0.05, 0) is 24.4 Å². The molecule has 4 rings (SSSR count). The fourth-order valence-corrected chi connectivity index (χ4v) is 11.2. The molecule has 166 valence electrons. The molecule has 0 saturated carbocycles. The smallest absolute Gasteiger partial charge is 0.410 e. The Labute approximate surface area is 193 Å². The molecule has 0 radical (unpaired) electrons. The van der Waals surface area contributed by atoms with Gasteiger partial charge in [-0.3, -0.25) is 0 Å². The monoisotopic (exact) mass is 443 g/mol. The number of rotatable bonds is 6. The first-order valence-corrected chi connectivity index (χ1v) is 14.1. The van der Waals surface area contributed by atoms with Crippen LogP contribution in [0.5, 0.6) is 0 Å². The quantitative estimate of drug-likeness (QED) is 0.478. The molecule has 1 heterocycles. The maximum Gasteiger partial charge on any atom is 0.410 e. The van der Waals surface area contributed by atoms with Gasteiger partial charge in [-0.1, -0.05) is 121 Å². The Balaban J connectivity index is 1.74. The molecule has 1 amide bonds. The Kier molecular flexibility index (Phi) is 7.43. The molecule has 32 heavy (non-hydrogen) atoms. The third kappa shape index (κ3) is 4.65. The second kappa shape index (κ2) is 10.6. The van der Waals surface area contributed by atoms with E-state index in [1.54, 1.807) is 0 Å². The Morgan fingerprint density at radius 3 is 2.00 bits per heavy atom. The number of hydrogen-bond donors (Lipinski definition) is 0. The van der Waals surface area contributed by atoms with Crippen LogP contribution in [-0.2, 0) is 11.3 Å². The molecule has 3 aromatic carbocycles. The Hall–Kier alpha value is -2.85. The second-order valence-electron chi connectivity index (χ2n) is 8.70. The van der Waals surface area contributed by atoms with Crippen molar-refractivity contribution in [2.45, 2.75) is 50.9 Å². The lowest BCUT2D eigenvalue weighted by Gasteiger charge is -2.43. The number of amides is 1. The van der Waals surface area contributed by atoms with Crippen LogP contribution >= 0.6 is 0 Å². The van der Waals surface area contributed by atoms with Crippen molar-refractivity contribution in [1.29, 1.82) is 0 Å². The van der Waals surface area contributed by atoms with Crippen molar-refractivity contribution >= 4 is 24.5 Å². The van der Waals surface area contributed by atoms with E-state index in [2.05, 4.69) is 72.5 Å². The van der Waals surface area contributed by atoms with Gasteiger partial charge in [-0.2, -0.15) is 0 Å². The molecular formula is C28H33NO2Si. The molecule has 0 unspecified atom stereocenters. The summed E-state index contributed by atoms with van der Waals surface area (Å²) in [6.45, 7) is 3.32. The zero-order valence-corrected chi connectivity index (χ0v) is 20.0. The third-order valence-electron chi connectivity index (χ3n) is 6.74. The molecule has 1 atom stereocenters. The molecule has 1 saturated heterocycles. The van der Waals surface area contributed by atoms with Gasteiger partial charge in [-0.15, -0.1) is 0 Å². The highest BCUT2D eigenvalue weighted by molar-refractivity contribution is 7.03. The topological polar surface area (TPSA) is 29.5 Å². The molecule has 0 aromatic heterocycles. The van der Waals surface area contributed by atoms with Gasteiger partial charge in [0.15, 0.2) is 0 Å². The van der Waals surface area contributed by atoms with Crippen molar-refractivity contribution in [3.05, 3.63) is 96.6 Å². The van der Waals surface area contributed by atoms with E-state index < -0.39 is 8.07 Å². The highest BCUT2D eigenvalue weighted by atomic mass is 28.3. The number of carbonyl (C=O) groups is 1. The van der Waals surface area contributed by atoms with Crippen molar-refractivity contribution in [2.24, 2.45) is 0 Å². The Morgan fingerprint density at radius 2 is 1.44 bits per heavy atom. The first kappa shape index (κ1) is 22.3. The molecule has 0 aliphatic carbocycles. The summed E-state index contributed by atoms with van der Waals surface area (Å²) in [5.41, 5.74) is 1.21. The minimum absolute atomic E-state index is 0.169. The van der Waals surface area contributed by atoms with Crippen LogP contribution < -0.4 is 10.4 Å². The zero-order chi connectivity index (χ0) is 22.2. The van der Waals surface area contributed by atoms with Crippen molar-refractivity contribution < 1.29 is 9.53 Å². The molecule has 0 spiro atoms. The van der Waals surface area contributed by atoms with Gasteiger partial charge in [0.25, 0.3) is 0 Å². The third-order valence-corrected chi connectivity index (χ3v) is 12.4.